The summed E-state index contributed by atoms with van der Waals surface area (Å²) >= 11 is 12.0. The van der Waals surface area contributed by atoms with Crippen LogP contribution in [0.2, 0.25) is 10.0 Å². The fraction of sp³-hybridized carbons (Fsp3) is 0.278. The van der Waals surface area contributed by atoms with E-state index in [0.717, 1.165) is 42.3 Å². The molecule has 1 aliphatic rings. The maximum atomic E-state index is 12.4. The maximum absolute atomic E-state index is 12.4. The molecule has 120 valence electrons. The highest BCUT2D eigenvalue weighted by Gasteiger charge is 2.25. The van der Waals surface area contributed by atoms with Crippen LogP contribution in [0.3, 0.4) is 0 Å². The summed E-state index contributed by atoms with van der Waals surface area (Å²) in [6.07, 6.45) is 1.66. The standard InChI is InChI=1S/C18H18Cl2N2O/c19-14-3-1-5-16(11-14)21-18(23)13-7-9-22(10-8-13)17-6-2-4-15(20)12-17/h1-6,11-13H,7-10H2,(H,21,23). The average molecular weight is 349 g/mol. The quantitative estimate of drug-likeness (QED) is 0.859. The number of nitrogens with one attached hydrogen (secondary N) is 1. The lowest BCUT2D eigenvalue weighted by molar-refractivity contribution is -0.120. The number of nitrogens with zero attached hydrogens (tertiary/aromatic N) is 1. The minimum atomic E-state index is 0.0319. The number of anilines is 2. The van der Waals surface area contributed by atoms with Crippen LogP contribution in [-0.2, 0) is 4.79 Å². The molecule has 1 fully saturated rings. The number of hydrogen-bond donors (Lipinski definition) is 1. The van der Waals surface area contributed by atoms with Gasteiger partial charge in [0.15, 0.2) is 0 Å². The van der Waals surface area contributed by atoms with E-state index >= 15 is 0 Å². The lowest BCUT2D eigenvalue weighted by Crippen LogP contribution is -2.38. The lowest BCUT2D eigenvalue weighted by atomic mass is 9.95. The third kappa shape index (κ3) is 4.18. The van der Waals surface area contributed by atoms with Crippen molar-refractivity contribution in [3.8, 4) is 0 Å². The van der Waals surface area contributed by atoms with Gasteiger partial charge in [0.05, 0.1) is 0 Å². The van der Waals surface area contributed by atoms with E-state index in [1.165, 1.54) is 0 Å². The number of benzene rings is 2. The Hall–Kier alpha value is -1.71. The number of rotatable bonds is 3. The van der Waals surface area contributed by atoms with Crippen LogP contribution in [0.1, 0.15) is 12.8 Å². The molecule has 1 N–H and O–H groups in total. The molecule has 1 aliphatic heterocycles. The molecule has 0 saturated carbocycles. The summed E-state index contributed by atoms with van der Waals surface area (Å²) in [5.74, 6) is 0.0995. The molecule has 0 atom stereocenters. The number of halogens is 2. The SMILES string of the molecule is O=C(Nc1cccc(Cl)c1)C1CCN(c2cccc(Cl)c2)CC1. The molecule has 3 rings (SSSR count). The maximum Gasteiger partial charge on any atom is 0.227 e. The first-order valence-corrected chi connectivity index (χ1v) is 8.44. The van der Waals surface area contributed by atoms with Crippen LogP contribution in [0.4, 0.5) is 11.4 Å². The smallest absolute Gasteiger partial charge is 0.227 e. The molecule has 0 spiro atoms. The van der Waals surface area contributed by atoms with Gasteiger partial charge in [0, 0.05) is 40.4 Å². The predicted octanol–water partition coefficient (Wildman–Crippen LogP) is 4.85. The Morgan fingerprint density at radius 1 is 1.00 bits per heavy atom. The van der Waals surface area contributed by atoms with Crippen molar-refractivity contribution in [2.45, 2.75) is 12.8 Å². The minimum absolute atomic E-state index is 0.0319. The molecule has 1 heterocycles. The number of amides is 1. The Balaban J connectivity index is 1.57. The normalized spacial score (nSPS) is 15.5. The summed E-state index contributed by atoms with van der Waals surface area (Å²) in [7, 11) is 0. The Labute approximate surface area is 146 Å². The number of carbonyl (C=O) groups is 1. The first kappa shape index (κ1) is 16.2. The van der Waals surface area contributed by atoms with Gasteiger partial charge in [-0.3, -0.25) is 4.79 Å². The molecule has 23 heavy (non-hydrogen) atoms. The van der Waals surface area contributed by atoms with Crippen molar-refractivity contribution in [3.05, 3.63) is 58.6 Å². The van der Waals surface area contributed by atoms with Crippen LogP contribution < -0.4 is 10.2 Å². The van der Waals surface area contributed by atoms with Crippen LogP contribution in [0.5, 0.6) is 0 Å². The van der Waals surface area contributed by atoms with Gasteiger partial charge in [-0.05, 0) is 49.2 Å². The summed E-state index contributed by atoms with van der Waals surface area (Å²) < 4.78 is 0. The Bertz CT molecular complexity index is 697. The molecule has 2 aromatic rings. The van der Waals surface area contributed by atoms with Crippen molar-refractivity contribution in [2.24, 2.45) is 5.92 Å². The van der Waals surface area contributed by atoms with Gasteiger partial charge in [0.2, 0.25) is 5.91 Å². The highest BCUT2D eigenvalue weighted by Crippen LogP contribution is 2.26. The molecule has 3 nitrogen and oxygen atoms in total. The number of piperidine rings is 1. The molecule has 5 heteroatoms. The molecule has 0 aromatic heterocycles. The van der Waals surface area contributed by atoms with Crippen molar-refractivity contribution >= 4 is 40.5 Å². The van der Waals surface area contributed by atoms with E-state index in [1.807, 2.05) is 30.3 Å². The largest absolute Gasteiger partial charge is 0.371 e. The van der Waals surface area contributed by atoms with Gasteiger partial charge in [0.1, 0.15) is 0 Å². The summed E-state index contributed by atoms with van der Waals surface area (Å²) in [5, 5.41) is 4.32. The van der Waals surface area contributed by atoms with Crippen molar-refractivity contribution < 1.29 is 4.79 Å². The van der Waals surface area contributed by atoms with Crippen LogP contribution in [0, 0.1) is 5.92 Å². The molecule has 0 bridgehead atoms. The number of hydrogen-bond acceptors (Lipinski definition) is 2. The lowest BCUT2D eigenvalue weighted by Gasteiger charge is -2.33. The Kier molecular flexibility index (Phi) is 5.09. The predicted molar refractivity (Wildman–Crippen MR) is 96.5 cm³/mol. The summed E-state index contributed by atoms with van der Waals surface area (Å²) in [4.78, 5) is 14.7. The second-order valence-electron chi connectivity index (χ2n) is 5.74. The first-order chi connectivity index (χ1) is 11.1. The van der Waals surface area contributed by atoms with Crippen LogP contribution >= 0.6 is 23.2 Å². The summed E-state index contributed by atoms with van der Waals surface area (Å²) in [5.41, 5.74) is 1.87. The first-order valence-electron chi connectivity index (χ1n) is 7.69. The molecule has 1 amide bonds. The second-order valence-corrected chi connectivity index (χ2v) is 6.61. The Morgan fingerprint density at radius 2 is 1.65 bits per heavy atom. The zero-order valence-electron chi connectivity index (χ0n) is 12.6. The van der Waals surface area contributed by atoms with E-state index in [4.69, 9.17) is 23.2 Å². The third-order valence-corrected chi connectivity index (χ3v) is 4.60. The topological polar surface area (TPSA) is 32.3 Å². The summed E-state index contributed by atoms with van der Waals surface area (Å²) in [6.45, 7) is 1.71. The van der Waals surface area contributed by atoms with E-state index in [0.29, 0.717) is 5.02 Å². The zero-order chi connectivity index (χ0) is 16.2. The molecular formula is C18H18Cl2N2O. The molecule has 0 aliphatic carbocycles. The monoisotopic (exact) mass is 348 g/mol. The van der Waals surface area contributed by atoms with Gasteiger partial charge < -0.3 is 10.2 Å². The van der Waals surface area contributed by atoms with E-state index < -0.39 is 0 Å². The fourth-order valence-electron chi connectivity index (χ4n) is 2.88. The number of carbonyl (C=O) groups excluding carboxylic acids is 1. The summed E-state index contributed by atoms with van der Waals surface area (Å²) in [6, 6.07) is 15.1. The van der Waals surface area contributed by atoms with Gasteiger partial charge in [-0.2, -0.15) is 0 Å². The van der Waals surface area contributed by atoms with Crippen molar-refractivity contribution in [3.63, 3.8) is 0 Å². The van der Waals surface area contributed by atoms with Crippen LogP contribution in [-0.4, -0.2) is 19.0 Å². The van der Waals surface area contributed by atoms with Gasteiger partial charge >= 0.3 is 0 Å². The molecule has 0 radical (unpaired) electrons. The van der Waals surface area contributed by atoms with Crippen LogP contribution in [0.15, 0.2) is 48.5 Å². The molecule has 1 saturated heterocycles. The second kappa shape index (κ2) is 7.24. The van der Waals surface area contributed by atoms with E-state index in [2.05, 4.69) is 16.3 Å². The van der Waals surface area contributed by atoms with E-state index in [-0.39, 0.29) is 11.8 Å². The van der Waals surface area contributed by atoms with E-state index in [1.54, 1.807) is 12.1 Å². The Morgan fingerprint density at radius 3 is 2.30 bits per heavy atom. The molecule has 2 aromatic carbocycles. The fourth-order valence-corrected chi connectivity index (χ4v) is 3.26. The van der Waals surface area contributed by atoms with Crippen molar-refractivity contribution in [2.75, 3.05) is 23.3 Å². The zero-order valence-corrected chi connectivity index (χ0v) is 14.1. The van der Waals surface area contributed by atoms with Crippen molar-refractivity contribution in [1.29, 1.82) is 0 Å². The third-order valence-electron chi connectivity index (χ3n) is 4.13. The van der Waals surface area contributed by atoms with Gasteiger partial charge in [-0.1, -0.05) is 35.3 Å². The average Bonchev–Trinajstić information content (AvgIpc) is 2.55. The van der Waals surface area contributed by atoms with E-state index in [9.17, 15) is 4.79 Å². The highest BCUT2D eigenvalue weighted by atomic mass is 35.5. The highest BCUT2D eigenvalue weighted by molar-refractivity contribution is 6.31. The van der Waals surface area contributed by atoms with Crippen molar-refractivity contribution in [1.82, 2.24) is 0 Å². The van der Waals surface area contributed by atoms with Crippen LogP contribution in [0.25, 0.3) is 0 Å². The molecule has 0 unspecified atom stereocenters. The van der Waals surface area contributed by atoms with Gasteiger partial charge in [-0.15, -0.1) is 0 Å². The van der Waals surface area contributed by atoms with Gasteiger partial charge in [0.25, 0.3) is 0 Å². The van der Waals surface area contributed by atoms with Gasteiger partial charge in [-0.25, -0.2) is 0 Å². The molecular weight excluding hydrogens is 331 g/mol. The minimum Gasteiger partial charge on any atom is -0.371 e.